The number of carbonyl (C=O) groups is 1. The quantitative estimate of drug-likeness (QED) is 0.332. The van der Waals surface area contributed by atoms with E-state index in [0.717, 1.165) is 28.2 Å². The summed E-state index contributed by atoms with van der Waals surface area (Å²) in [7, 11) is 3.94. The Kier molecular flexibility index (Phi) is 6.51. The third kappa shape index (κ3) is 4.93. The largest absolute Gasteiger partial charge is 0.378 e. The zero-order valence-corrected chi connectivity index (χ0v) is 19.9. The zero-order valence-electron chi connectivity index (χ0n) is 19.1. The van der Waals surface area contributed by atoms with E-state index in [-0.39, 0.29) is 17.2 Å². The smallest absolute Gasteiger partial charge is 0.266 e. The molecule has 0 fully saturated rings. The Morgan fingerprint density at radius 1 is 1.00 bits per heavy atom. The second kappa shape index (κ2) is 9.50. The molecule has 1 amide bonds. The lowest BCUT2D eigenvalue weighted by atomic mass is 10.1. The molecular formula is C26H26N4O2S. The minimum absolute atomic E-state index is 0.130. The monoisotopic (exact) mass is 458 g/mol. The second-order valence-corrected chi connectivity index (χ2v) is 9.04. The first-order valence-corrected chi connectivity index (χ1v) is 11.6. The standard InChI is InChI=1S/C26H26N4O2S/c1-17-9-12-21(15-18(17)2)30-25(32)22-7-5-6-8-23(22)28-26(30)33-16-24(31)27-19-10-13-20(14-11-19)29(3)4/h5-15H,16H2,1-4H3,(H,27,31). The van der Waals surface area contributed by atoms with E-state index in [2.05, 4.69) is 5.32 Å². The van der Waals surface area contributed by atoms with Gasteiger partial charge in [0.25, 0.3) is 5.56 Å². The van der Waals surface area contributed by atoms with Gasteiger partial charge in [-0.3, -0.25) is 14.2 Å². The van der Waals surface area contributed by atoms with Crippen molar-refractivity contribution in [2.75, 3.05) is 30.1 Å². The predicted molar refractivity (Wildman–Crippen MR) is 137 cm³/mol. The van der Waals surface area contributed by atoms with Crippen molar-refractivity contribution in [3.8, 4) is 5.69 Å². The van der Waals surface area contributed by atoms with Crippen molar-refractivity contribution in [2.45, 2.75) is 19.0 Å². The Hall–Kier alpha value is -3.58. The van der Waals surface area contributed by atoms with E-state index in [4.69, 9.17) is 4.98 Å². The topological polar surface area (TPSA) is 67.2 Å². The number of benzene rings is 3. The van der Waals surface area contributed by atoms with Gasteiger partial charge < -0.3 is 10.2 Å². The number of rotatable bonds is 6. The van der Waals surface area contributed by atoms with E-state index in [1.54, 1.807) is 10.6 Å². The minimum Gasteiger partial charge on any atom is -0.378 e. The van der Waals surface area contributed by atoms with E-state index in [1.807, 2.05) is 93.5 Å². The molecule has 0 aliphatic heterocycles. The number of nitrogens with one attached hydrogen (secondary N) is 1. The van der Waals surface area contributed by atoms with Gasteiger partial charge in [0.05, 0.1) is 22.3 Å². The molecule has 0 aliphatic carbocycles. The third-order valence-electron chi connectivity index (χ3n) is 5.49. The van der Waals surface area contributed by atoms with Gasteiger partial charge in [-0.2, -0.15) is 0 Å². The number of anilines is 2. The molecule has 4 rings (SSSR count). The molecule has 0 atom stereocenters. The first kappa shape index (κ1) is 22.6. The Bertz CT molecular complexity index is 1380. The molecule has 1 heterocycles. The Balaban J connectivity index is 1.63. The van der Waals surface area contributed by atoms with Crippen LogP contribution < -0.4 is 15.8 Å². The first-order valence-electron chi connectivity index (χ1n) is 10.6. The van der Waals surface area contributed by atoms with Crippen LogP contribution in [0.2, 0.25) is 0 Å². The average Bonchev–Trinajstić information content (AvgIpc) is 2.80. The van der Waals surface area contributed by atoms with E-state index >= 15 is 0 Å². The fraction of sp³-hybridized carbons (Fsp3) is 0.192. The normalized spacial score (nSPS) is 10.9. The molecule has 6 nitrogen and oxygen atoms in total. The molecular weight excluding hydrogens is 432 g/mol. The number of nitrogens with zero attached hydrogens (tertiary/aromatic N) is 3. The van der Waals surface area contributed by atoms with Crippen LogP contribution in [0.15, 0.2) is 76.7 Å². The Morgan fingerprint density at radius 2 is 1.73 bits per heavy atom. The lowest BCUT2D eigenvalue weighted by Gasteiger charge is -2.15. The maximum Gasteiger partial charge on any atom is 0.266 e. The molecule has 0 saturated carbocycles. The molecule has 7 heteroatoms. The number of amides is 1. The maximum absolute atomic E-state index is 13.4. The van der Waals surface area contributed by atoms with E-state index < -0.39 is 0 Å². The van der Waals surface area contributed by atoms with Crippen LogP contribution in [0.1, 0.15) is 11.1 Å². The summed E-state index contributed by atoms with van der Waals surface area (Å²) in [5.41, 5.74) is 5.22. The van der Waals surface area contributed by atoms with Crippen molar-refractivity contribution in [2.24, 2.45) is 0 Å². The number of thioether (sulfide) groups is 1. The molecule has 0 unspecified atom stereocenters. The van der Waals surface area contributed by atoms with Crippen LogP contribution in [0.5, 0.6) is 0 Å². The average molecular weight is 459 g/mol. The van der Waals surface area contributed by atoms with Gasteiger partial charge >= 0.3 is 0 Å². The van der Waals surface area contributed by atoms with E-state index in [1.165, 1.54) is 11.8 Å². The van der Waals surface area contributed by atoms with Gasteiger partial charge in [-0.05, 0) is 73.5 Å². The van der Waals surface area contributed by atoms with E-state index in [0.29, 0.717) is 16.1 Å². The van der Waals surface area contributed by atoms with Crippen LogP contribution in [-0.4, -0.2) is 35.3 Å². The molecule has 0 radical (unpaired) electrons. The van der Waals surface area contributed by atoms with Gasteiger partial charge in [0.2, 0.25) is 5.91 Å². The molecule has 0 saturated heterocycles. The number of carbonyl (C=O) groups excluding carboxylic acids is 1. The molecule has 33 heavy (non-hydrogen) atoms. The van der Waals surface area contributed by atoms with Crippen LogP contribution in [0.3, 0.4) is 0 Å². The second-order valence-electron chi connectivity index (χ2n) is 8.10. The predicted octanol–water partition coefficient (Wildman–Crippen LogP) is 4.80. The fourth-order valence-electron chi connectivity index (χ4n) is 3.47. The van der Waals surface area contributed by atoms with Crippen LogP contribution in [0.25, 0.3) is 16.6 Å². The zero-order chi connectivity index (χ0) is 23.5. The molecule has 0 spiro atoms. The first-order chi connectivity index (χ1) is 15.8. The van der Waals surface area contributed by atoms with Gasteiger partial charge in [0.1, 0.15) is 0 Å². The summed E-state index contributed by atoms with van der Waals surface area (Å²) in [5.74, 6) is -0.0305. The summed E-state index contributed by atoms with van der Waals surface area (Å²) in [6.07, 6.45) is 0. The third-order valence-corrected chi connectivity index (χ3v) is 6.43. The van der Waals surface area contributed by atoms with Gasteiger partial charge in [0.15, 0.2) is 5.16 Å². The van der Waals surface area contributed by atoms with Gasteiger partial charge in [-0.1, -0.05) is 30.0 Å². The lowest BCUT2D eigenvalue weighted by molar-refractivity contribution is -0.113. The van der Waals surface area contributed by atoms with Crippen molar-refractivity contribution in [1.82, 2.24) is 9.55 Å². The highest BCUT2D eigenvalue weighted by Crippen LogP contribution is 2.23. The van der Waals surface area contributed by atoms with Gasteiger partial charge in [-0.15, -0.1) is 0 Å². The van der Waals surface area contributed by atoms with Crippen LogP contribution in [0.4, 0.5) is 11.4 Å². The molecule has 168 valence electrons. The number of aryl methyl sites for hydroxylation is 2. The Morgan fingerprint density at radius 3 is 2.42 bits per heavy atom. The number of hydrogen-bond donors (Lipinski definition) is 1. The molecule has 4 aromatic rings. The highest BCUT2D eigenvalue weighted by Gasteiger charge is 2.15. The summed E-state index contributed by atoms with van der Waals surface area (Å²) < 4.78 is 1.60. The summed E-state index contributed by atoms with van der Waals surface area (Å²) in [4.78, 5) is 32.7. The van der Waals surface area contributed by atoms with Crippen LogP contribution >= 0.6 is 11.8 Å². The number of aromatic nitrogens is 2. The van der Waals surface area contributed by atoms with Crippen LogP contribution in [-0.2, 0) is 4.79 Å². The molecule has 1 N–H and O–H groups in total. The van der Waals surface area contributed by atoms with Crippen molar-refractivity contribution in [3.05, 3.63) is 88.2 Å². The number of para-hydroxylation sites is 1. The van der Waals surface area contributed by atoms with Crippen molar-refractivity contribution in [3.63, 3.8) is 0 Å². The maximum atomic E-state index is 13.4. The fourth-order valence-corrected chi connectivity index (χ4v) is 4.28. The Labute approximate surface area is 197 Å². The number of hydrogen-bond acceptors (Lipinski definition) is 5. The minimum atomic E-state index is -0.161. The highest BCUT2D eigenvalue weighted by molar-refractivity contribution is 7.99. The van der Waals surface area contributed by atoms with Gasteiger partial charge in [-0.25, -0.2) is 4.98 Å². The summed E-state index contributed by atoms with van der Waals surface area (Å²) >= 11 is 1.25. The van der Waals surface area contributed by atoms with Crippen molar-refractivity contribution in [1.29, 1.82) is 0 Å². The SMILES string of the molecule is Cc1ccc(-n2c(SCC(=O)Nc3ccc(N(C)C)cc3)nc3ccccc3c2=O)cc1C. The van der Waals surface area contributed by atoms with Gasteiger partial charge in [0, 0.05) is 25.5 Å². The number of fused-ring (bicyclic) bond motifs is 1. The van der Waals surface area contributed by atoms with Crippen LogP contribution in [0, 0.1) is 13.8 Å². The molecule has 0 aliphatic rings. The van der Waals surface area contributed by atoms with Crippen molar-refractivity contribution < 1.29 is 4.79 Å². The summed E-state index contributed by atoms with van der Waals surface area (Å²) in [6, 6.07) is 20.8. The molecule has 1 aromatic heterocycles. The van der Waals surface area contributed by atoms with E-state index in [9.17, 15) is 9.59 Å². The lowest BCUT2D eigenvalue weighted by Crippen LogP contribution is -2.23. The summed E-state index contributed by atoms with van der Waals surface area (Å²) in [6.45, 7) is 4.05. The van der Waals surface area contributed by atoms with Crippen molar-refractivity contribution >= 4 is 39.9 Å². The summed E-state index contributed by atoms with van der Waals surface area (Å²) in [5, 5.41) is 3.95. The molecule has 0 bridgehead atoms. The molecule has 3 aromatic carbocycles. The highest BCUT2D eigenvalue weighted by atomic mass is 32.2.